The molecule has 2 N–H and O–H groups in total. The molecule has 17 heavy (non-hydrogen) atoms. The SMILES string of the molecule is O=C(O)C1(COc2nsc(=O)[nH]2)CC=CCC1. The first kappa shape index (κ1) is 11.8. The van der Waals surface area contributed by atoms with Crippen molar-refractivity contribution in [3.05, 3.63) is 21.8 Å². The Bertz CT molecular complexity index is 492. The van der Waals surface area contributed by atoms with Crippen molar-refractivity contribution in [1.29, 1.82) is 0 Å². The van der Waals surface area contributed by atoms with Gasteiger partial charge in [-0.15, -0.1) is 4.37 Å². The van der Waals surface area contributed by atoms with Crippen LogP contribution in [0.25, 0.3) is 0 Å². The maximum atomic E-state index is 11.3. The van der Waals surface area contributed by atoms with E-state index >= 15 is 0 Å². The monoisotopic (exact) mass is 256 g/mol. The molecule has 0 aliphatic heterocycles. The maximum Gasteiger partial charge on any atom is 0.326 e. The number of ether oxygens (including phenoxy) is 1. The van der Waals surface area contributed by atoms with Crippen molar-refractivity contribution < 1.29 is 14.6 Å². The highest BCUT2D eigenvalue weighted by molar-refractivity contribution is 7.02. The fourth-order valence-corrected chi connectivity index (χ4v) is 2.16. The molecule has 0 bridgehead atoms. The van der Waals surface area contributed by atoms with E-state index in [-0.39, 0.29) is 17.5 Å². The van der Waals surface area contributed by atoms with Gasteiger partial charge in [0.1, 0.15) is 12.0 Å². The fraction of sp³-hybridized carbons (Fsp3) is 0.500. The molecule has 0 radical (unpaired) electrons. The van der Waals surface area contributed by atoms with Crippen molar-refractivity contribution in [3.8, 4) is 6.01 Å². The largest absolute Gasteiger partial charge is 0.481 e. The molecular weight excluding hydrogens is 244 g/mol. The summed E-state index contributed by atoms with van der Waals surface area (Å²) >= 11 is 0.751. The first-order chi connectivity index (χ1) is 8.12. The van der Waals surface area contributed by atoms with Gasteiger partial charge in [-0.1, -0.05) is 12.2 Å². The second kappa shape index (κ2) is 4.70. The number of rotatable bonds is 4. The van der Waals surface area contributed by atoms with E-state index < -0.39 is 11.4 Å². The van der Waals surface area contributed by atoms with Gasteiger partial charge in [0.05, 0.1) is 0 Å². The van der Waals surface area contributed by atoms with E-state index in [1.54, 1.807) is 0 Å². The number of allylic oxidation sites excluding steroid dienone is 2. The summed E-state index contributed by atoms with van der Waals surface area (Å²) in [7, 11) is 0. The lowest BCUT2D eigenvalue weighted by molar-refractivity contribution is -0.151. The van der Waals surface area contributed by atoms with Gasteiger partial charge in [-0.05, 0) is 19.3 Å². The summed E-state index contributed by atoms with van der Waals surface area (Å²) in [6.07, 6.45) is 5.52. The number of nitrogens with zero attached hydrogens (tertiary/aromatic N) is 1. The van der Waals surface area contributed by atoms with Crippen molar-refractivity contribution in [2.45, 2.75) is 19.3 Å². The number of H-pyrrole nitrogens is 1. The number of aromatic nitrogens is 2. The zero-order valence-corrected chi connectivity index (χ0v) is 9.83. The summed E-state index contributed by atoms with van der Waals surface area (Å²) in [6.45, 7) is 0.0202. The summed E-state index contributed by atoms with van der Waals surface area (Å²) in [5.41, 5.74) is -0.907. The van der Waals surface area contributed by atoms with Crippen LogP contribution >= 0.6 is 11.5 Å². The summed E-state index contributed by atoms with van der Waals surface area (Å²) in [6, 6.07) is 0.0928. The van der Waals surface area contributed by atoms with E-state index in [4.69, 9.17) is 4.74 Å². The highest BCUT2D eigenvalue weighted by atomic mass is 32.1. The van der Waals surface area contributed by atoms with Gasteiger partial charge in [-0.2, -0.15) is 0 Å². The predicted molar refractivity (Wildman–Crippen MR) is 61.3 cm³/mol. The molecule has 0 saturated heterocycles. The predicted octanol–water partition coefficient (Wildman–Crippen LogP) is 1.02. The molecule has 0 saturated carbocycles. The van der Waals surface area contributed by atoms with Gasteiger partial charge < -0.3 is 9.84 Å². The molecule has 92 valence electrons. The molecule has 1 unspecified atom stereocenters. The van der Waals surface area contributed by atoms with Crippen molar-refractivity contribution in [2.24, 2.45) is 5.41 Å². The third-order valence-electron chi connectivity index (χ3n) is 2.82. The molecular formula is C10H12N2O4S. The van der Waals surface area contributed by atoms with E-state index in [1.165, 1.54) is 0 Å². The average Bonchev–Trinajstić information content (AvgIpc) is 2.74. The summed E-state index contributed by atoms with van der Waals surface area (Å²) in [5, 5.41) is 9.27. The normalized spacial score (nSPS) is 23.5. The zero-order chi connectivity index (χ0) is 12.3. The first-order valence-corrected chi connectivity index (χ1v) is 5.97. The quantitative estimate of drug-likeness (QED) is 0.785. The number of hydrogen-bond acceptors (Lipinski definition) is 5. The summed E-state index contributed by atoms with van der Waals surface area (Å²) in [5.74, 6) is -0.876. The Balaban J connectivity index is 2.06. The van der Waals surface area contributed by atoms with Gasteiger partial charge in [0.25, 0.3) is 0 Å². The van der Waals surface area contributed by atoms with Gasteiger partial charge >= 0.3 is 16.9 Å². The van der Waals surface area contributed by atoms with Crippen molar-refractivity contribution >= 4 is 17.5 Å². The number of carboxylic acids is 1. The Morgan fingerprint density at radius 3 is 3.00 bits per heavy atom. The number of hydrogen-bond donors (Lipinski definition) is 2. The van der Waals surface area contributed by atoms with Crippen LogP contribution in [-0.4, -0.2) is 27.0 Å². The molecule has 7 heteroatoms. The van der Waals surface area contributed by atoms with E-state index in [1.807, 2.05) is 12.2 Å². The third-order valence-corrected chi connectivity index (χ3v) is 3.35. The van der Waals surface area contributed by atoms with Crippen molar-refractivity contribution in [3.63, 3.8) is 0 Å². The van der Waals surface area contributed by atoms with Crippen LogP contribution in [0.4, 0.5) is 0 Å². The molecule has 0 fully saturated rings. The molecule has 6 nitrogen and oxygen atoms in total. The molecule has 1 aliphatic rings. The zero-order valence-electron chi connectivity index (χ0n) is 9.01. The minimum absolute atomic E-state index is 0.0202. The first-order valence-electron chi connectivity index (χ1n) is 5.20. The maximum absolute atomic E-state index is 11.3. The van der Waals surface area contributed by atoms with Crippen molar-refractivity contribution in [1.82, 2.24) is 9.36 Å². The third kappa shape index (κ3) is 2.55. The van der Waals surface area contributed by atoms with Crippen LogP contribution in [0.2, 0.25) is 0 Å². The molecule has 1 aromatic rings. The van der Waals surface area contributed by atoms with Gasteiger partial charge in [0.2, 0.25) is 0 Å². The smallest absolute Gasteiger partial charge is 0.326 e. The van der Waals surface area contributed by atoms with Crippen LogP contribution < -0.4 is 9.61 Å². The molecule has 1 atom stereocenters. The second-order valence-corrected chi connectivity index (χ2v) is 4.72. The Morgan fingerprint density at radius 2 is 2.47 bits per heavy atom. The van der Waals surface area contributed by atoms with Crippen LogP contribution in [-0.2, 0) is 4.79 Å². The van der Waals surface area contributed by atoms with Gasteiger partial charge in [-0.25, -0.2) is 0 Å². The number of aliphatic carboxylic acids is 1. The van der Waals surface area contributed by atoms with Gasteiger partial charge in [-0.3, -0.25) is 14.6 Å². The standard InChI is InChI=1S/C10H12N2O4S/c13-7(14)10(4-2-1-3-5-10)6-16-8-11-9(15)17-12-8/h1-2H,3-6H2,(H,13,14)(H,11,12,15). The lowest BCUT2D eigenvalue weighted by Crippen LogP contribution is -2.38. The molecule has 1 aliphatic carbocycles. The lowest BCUT2D eigenvalue weighted by atomic mass is 9.78. The van der Waals surface area contributed by atoms with Crippen LogP contribution in [0, 0.1) is 5.41 Å². The highest BCUT2D eigenvalue weighted by Gasteiger charge is 2.39. The van der Waals surface area contributed by atoms with Gasteiger partial charge in [0, 0.05) is 11.5 Å². The number of nitrogens with one attached hydrogen (secondary N) is 1. The Kier molecular flexibility index (Phi) is 3.28. The second-order valence-electron chi connectivity index (χ2n) is 3.99. The van der Waals surface area contributed by atoms with Crippen LogP contribution in [0.15, 0.2) is 16.9 Å². The minimum atomic E-state index is -0.907. The topological polar surface area (TPSA) is 92.3 Å². The Labute approximate surface area is 101 Å². The summed E-state index contributed by atoms with van der Waals surface area (Å²) < 4.78 is 8.99. The van der Waals surface area contributed by atoms with Crippen LogP contribution in [0.1, 0.15) is 19.3 Å². The van der Waals surface area contributed by atoms with Crippen molar-refractivity contribution in [2.75, 3.05) is 6.61 Å². The average molecular weight is 256 g/mol. The van der Waals surface area contributed by atoms with E-state index in [0.717, 1.165) is 18.0 Å². The summed E-state index contributed by atoms with van der Waals surface area (Å²) in [4.78, 5) is 24.2. The number of carbonyl (C=O) groups is 1. The van der Waals surface area contributed by atoms with E-state index in [9.17, 15) is 14.7 Å². The van der Waals surface area contributed by atoms with Crippen LogP contribution in [0.3, 0.4) is 0 Å². The van der Waals surface area contributed by atoms with E-state index in [2.05, 4.69) is 9.36 Å². The molecule has 0 amide bonds. The molecule has 1 aromatic heterocycles. The van der Waals surface area contributed by atoms with Crippen LogP contribution in [0.5, 0.6) is 6.01 Å². The molecule has 0 spiro atoms. The molecule has 1 heterocycles. The number of carboxylic acid groups (broad SMARTS) is 1. The lowest BCUT2D eigenvalue weighted by Gasteiger charge is -2.29. The molecule has 2 rings (SSSR count). The van der Waals surface area contributed by atoms with Gasteiger partial charge in [0.15, 0.2) is 0 Å². The highest BCUT2D eigenvalue weighted by Crippen LogP contribution is 2.33. The Hall–Kier alpha value is -1.63. The van der Waals surface area contributed by atoms with E-state index in [0.29, 0.717) is 12.8 Å². The Morgan fingerprint density at radius 1 is 1.65 bits per heavy atom. The molecule has 0 aromatic carbocycles. The minimum Gasteiger partial charge on any atom is -0.481 e. The fourth-order valence-electron chi connectivity index (χ4n) is 1.76. The number of aromatic amines is 1.